The molecule has 0 spiro atoms. The van der Waals surface area contributed by atoms with Gasteiger partial charge in [-0.3, -0.25) is 9.79 Å². The van der Waals surface area contributed by atoms with Crippen LogP contribution in [0.3, 0.4) is 0 Å². The molecule has 1 aromatic carbocycles. The molecule has 0 aromatic heterocycles. The van der Waals surface area contributed by atoms with Gasteiger partial charge in [0.05, 0.1) is 6.54 Å². The molecule has 1 aliphatic rings. The lowest BCUT2D eigenvalue weighted by Gasteiger charge is -2.30. The molecule has 0 saturated heterocycles. The number of hydrogen-bond acceptors (Lipinski definition) is 4. The first kappa shape index (κ1) is 26.5. The highest BCUT2D eigenvalue weighted by Crippen LogP contribution is 2.40. The van der Waals surface area contributed by atoms with Crippen LogP contribution < -0.4 is 20.7 Å². The fourth-order valence-corrected chi connectivity index (χ4v) is 3.77. The summed E-state index contributed by atoms with van der Waals surface area (Å²) in [6, 6.07) is 7.39. The number of hydrogen-bond donors (Lipinski definition) is 3. The van der Waals surface area contributed by atoms with Crippen LogP contribution in [0.25, 0.3) is 0 Å². The van der Waals surface area contributed by atoms with Crippen molar-refractivity contribution >= 4 is 41.5 Å². The average molecular weight is 532 g/mol. The SMILES string of the molecule is CCOCCC1(CNC(=NC)NCCOc2cccc(NC(C)=O)c2)CCCC1.I. The number of carbonyl (C=O) groups is 1. The van der Waals surface area contributed by atoms with Crippen molar-refractivity contribution in [1.82, 2.24) is 10.6 Å². The van der Waals surface area contributed by atoms with E-state index in [-0.39, 0.29) is 29.9 Å². The summed E-state index contributed by atoms with van der Waals surface area (Å²) in [6.07, 6.45) is 6.19. The maximum absolute atomic E-state index is 11.2. The van der Waals surface area contributed by atoms with Crippen LogP contribution in [0.15, 0.2) is 29.3 Å². The molecule has 0 bridgehead atoms. The largest absolute Gasteiger partial charge is 0.492 e. The first-order chi connectivity index (χ1) is 14.1. The Labute approximate surface area is 197 Å². The Morgan fingerprint density at radius 2 is 1.97 bits per heavy atom. The molecule has 0 aliphatic heterocycles. The number of anilines is 1. The van der Waals surface area contributed by atoms with Gasteiger partial charge in [0.15, 0.2) is 5.96 Å². The Morgan fingerprint density at radius 1 is 1.20 bits per heavy atom. The van der Waals surface area contributed by atoms with E-state index in [2.05, 4.69) is 20.9 Å². The highest BCUT2D eigenvalue weighted by Gasteiger charge is 2.33. The van der Waals surface area contributed by atoms with Crippen LogP contribution in [0, 0.1) is 5.41 Å². The van der Waals surface area contributed by atoms with Crippen LogP contribution in [-0.4, -0.2) is 51.8 Å². The summed E-state index contributed by atoms with van der Waals surface area (Å²) in [7, 11) is 1.79. The molecule has 0 unspecified atom stereocenters. The second-order valence-electron chi connectivity index (χ2n) is 7.56. The zero-order valence-corrected chi connectivity index (χ0v) is 20.8. The van der Waals surface area contributed by atoms with Crippen LogP contribution >= 0.6 is 24.0 Å². The number of nitrogens with one attached hydrogen (secondary N) is 3. The van der Waals surface area contributed by atoms with Gasteiger partial charge in [-0.15, -0.1) is 24.0 Å². The van der Waals surface area contributed by atoms with E-state index in [4.69, 9.17) is 9.47 Å². The van der Waals surface area contributed by atoms with Gasteiger partial charge >= 0.3 is 0 Å². The number of nitrogens with zero attached hydrogens (tertiary/aromatic N) is 1. The molecule has 0 heterocycles. The minimum absolute atomic E-state index is 0. The number of guanidine groups is 1. The summed E-state index contributed by atoms with van der Waals surface area (Å²) in [5, 5.41) is 9.55. The van der Waals surface area contributed by atoms with Crippen molar-refractivity contribution in [3.8, 4) is 5.75 Å². The number of aliphatic imine (C=N–C) groups is 1. The Kier molecular flexibility index (Phi) is 12.8. The molecule has 0 radical (unpaired) electrons. The van der Waals surface area contributed by atoms with Crippen molar-refractivity contribution in [1.29, 1.82) is 0 Å². The maximum Gasteiger partial charge on any atom is 0.221 e. The van der Waals surface area contributed by atoms with Gasteiger partial charge in [0, 0.05) is 45.5 Å². The number of carbonyl (C=O) groups excluding carboxylic acids is 1. The van der Waals surface area contributed by atoms with Crippen molar-refractivity contribution in [2.75, 3.05) is 45.3 Å². The normalized spacial score (nSPS) is 15.2. The highest BCUT2D eigenvalue weighted by molar-refractivity contribution is 14.0. The lowest BCUT2D eigenvalue weighted by molar-refractivity contribution is -0.114. The molecule has 2 rings (SSSR count). The lowest BCUT2D eigenvalue weighted by Crippen LogP contribution is -2.44. The lowest BCUT2D eigenvalue weighted by atomic mass is 9.83. The first-order valence-corrected chi connectivity index (χ1v) is 10.6. The zero-order valence-electron chi connectivity index (χ0n) is 18.5. The van der Waals surface area contributed by atoms with Gasteiger partial charge in [-0.05, 0) is 43.7 Å². The first-order valence-electron chi connectivity index (χ1n) is 10.6. The molecular formula is C22H37IN4O3. The van der Waals surface area contributed by atoms with Gasteiger partial charge in [-0.25, -0.2) is 0 Å². The average Bonchev–Trinajstić information content (AvgIpc) is 3.16. The molecule has 3 N–H and O–H groups in total. The third-order valence-corrected chi connectivity index (χ3v) is 5.32. The quantitative estimate of drug-likeness (QED) is 0.175. The predicted molar refractivity (Wildman–Crippen MR) is 133 cm³/mol. The van der Waals surface area contributed by atoms with E-state index in [1.54, 1.807) is 7.05 Å². The van der Waals surface area contributed by atoms with E-state index < -0.39 is 0 Å². The van der Waals surface area contributed by atoms with E-state index in [9.17, 15) is 4.79 Å². The summed E-state index contributed by atoms with van der Waals surface area (Å²) in [5.74, 6) is 1.42. The van der Waals surface area contributed by atoms with Crippen molar-refractivity contribution in [2.24, 2.45) is 10.4 Å². The van der Waals surface area contributed by atoms with Gasteiger partial charge in [0.1, 0.15) is 12.4 Å². The molecule has 170 valence electrons. The second-order valence-corrected chi connectivity index (χ2v) is 7.56. The summed E-state index contributed by atoms with van der Waals surface area (Å²) < 4.78 is 11.4. The van der Waals surface area contributed by atoms with E-state index in [0.717, 1.165) is 43.6 Å². The van der Waals surface area contributed by atoms with Crippen LogP contribution in [-0.2, 0) is 9.53 Å². The predicted octanol–water partition coefficient (Wildman–Crippen LogP) is 3.79. The van der Waals surface area contributed by atoms with Gasteiger partial charge in [-0.2, -0.15) is 0 Å². The molecular weight excluding hydrogens is 495 g/mol. The van der Waals surface area contributed by atoms with E-state index >= 15 is 0 Å². The fourth-order valence-electron chi connectivity index (χ4n) is 3.77. The molecule has 1 aromatic rings. The van der Waals surface area contributed by atoms with Crippen molar-refractivity contribution in [2.45, 2.75) is 46.0 Å². The Morgan fingerprint density at radius 3 is 2.63 bits per heavy atom. The molecule has 30 heavy (non-hydrogen) atoms. The number of benzene rings is 1. The Hall–Kier alpha value is -1.55. The van der Waals surface area contributed by atoms with Crippen LogP contribution in [0.2, 0.25) is 0 Å². The van der Waals surface area contributed by atoms with E-state index in [0.29, 0.717) is 18.6 Å². The third kappa shape index (κ3) is 9.51. The summed E-state index contributed by atoms with van der Waals surface area (Å²) >= 11 is 0. The monoisotopic (exact) mass is 532 g/mol. The molecule has 8 heteroatoms. The maximum atomic E-state index is 11.2. The smallest absolute Gasteiger partial charge is 0.221 e. The summed E-state index contributed by atoms with van der Waals surface area (Å²) in [6.45, 7) is 7.19. The highest BCUT2D eigenvalue weighted by atomic mass is 127. The topological polar surface area (TPSA) is 84.0 Å². The van der Waals surface area contributed by atoms with Crippen LogP contribution in [0.1, 0.15) is 46.0 Å². The molecule has 0 atom stereocenters. The number of amides is 1. The zero-order chi connectivity index (χ0) is 21.0. The van der Waals surface area contributed by atoms with Crippen LogP contribution in [0.5, 0.6) is 5.75 Å². The number of halogens is 1. The van der Waals surface area contributed by atoms with Gasteiger partial charge in [0.2, 0.25) is 5.91 Å². The van der Waals surface area contributed by atoms with E-state index in [1.165, 1.54) is 32.6 Å². The Balaban J connectivity index is 0.00000450. The second kappa shape index (κ2) is 14.5. The Bertz CT molecular complexity index is 664. The summed E-state index contributed by atoms with van der Waals surface area (Å²) in [4.78, 5) is 15.5. The minimum atomic E-state index is -0.0972. The molecule has 1 fully saturated rings. The third-order valence-electron chi connectivity index (χ3n) is 5.32. The van der Waals surface area contributed by atoms with Gasteiger partial charge in [-0.1, -0.05) is 18.9 Å². The molecule has 7 nitrogen and oxygen atoms in total. The van der Waals surface area contributed by atoms with Crippen molar-refractivity contribution in [3.05, 3.63) is 24.3 Å². The van der Waals surface area contributed by atoms with Crippen molar-refractivity contribution < 1.29 is 14.3 Å². The fraction of sp³-hybridized carbons (Fsp3) is 0.636. The van der Waals surface area contributed by atoms with Crippen molar-refractivity contribution in [3.63, 3.8) is 0 Å². The number of rotatable bonds is 11. The summed E-state index contributed by atoms with van der Waals surface area (Å²) in [5.41, 5.74) is 1.04. The minimum Gasteiger partial charge on any atom is -0.492 e. The van der Waals surface area contributed by atoms with Gasteiger partial charge in [0.25, 0.3) is 0 Å². The standard InChI is InChI=1S/C22H36N4O3.HI/c1-4-28-14-12-22(10-5-6-11-22)17-25-21(23-3)24-13-15-29-20-9-7-8-19(16-20)26-18(2)27;/h7-9,16H,4-6,10-15,17H2,1-3H3,(H,26,27)(H2,23,24,25);1H. The van der Waals surface area contributed by atoms with Gasteiger partial charge < -0.3 is 25.4 Å². The van der Waals surface area contributed by atoms with E-state index in [1.807, 2.05) is 31.2 Å². The van der Waals surface area contributed by atoms with Crippen LogP contribution in [0.4, 0.5) is 5.69 Å². The number of ether oxygens (including phenoxy) is 2. The molecule has 1 amide bonds. The molecule has 1 aliphatic carbocycles. The molecule has 1 saturated carbocycles.